The third-order valence-corrected chi connectivity index (χ3v) is 5.54. The van der Waals surface area contributed by atoms with Gasteiger partial charge in [0, 0.05) is 30.1 Å². The quantitative estimate of drug-likeness (QED) is 0.719. The third-order valence-electron chi connectivity index (χ3n) is 3.87. The molecule has 1 saturated heterocycles. The predicted molar refractivity (Wildman–Crippen MR) is 85.1 cm³/mol. The van der Waals surface area contributed by atoms with Gasteiger partial charge in [-0.25, -0.2) is 0 Å². The summed E-state index contributed by atoms with van der Waals surface area (Å²) in [4.78, 5) is 18.6. The van der Waals surface area contributed by atoms with E-state index >= 15 is 0 Å². The monoisotopic (exact) mass is 333 g/mol. The molecule has 1 amide bonds. The van der Waals surface area contributed by atoms with Crippen molar-refractivity contribution in [2.45, 2.75) is 12.3 Å². The maximum absolute atomic E-state index is 11.6. The smallest absolute Gasteiger partial charge is 0.232 e. The van der Waals surface area contributed by atoms with Gasteiger partial charge < -0.3 is 9.42 Å². The number of likely N-dealkylation sites (tertiary alicyclic amines) is 1. The number of carbonyl (C=O) groups excluding carboxylic acids is 1. The molecule has 22 heavy (non-hydrogen) atoms. The van der Waals surface area contributed by atoms with E-state index in [0.717, 1.165) is 15.0 Å². The summed E-state index contributed by atoms with van der Waals surface area (Å²) < 4.78 is 6.45. The molecule has 1 fully saturated rings. The number of fused-ring (bicyclic) bond motifs is 1. The van der Waals surface area contributed by atoms with Crippen LogP contribution >= 0.6 is 22.9 Å². The number of thiophene rings is 1. The Bertz CT molecular complexity index is 873. The van der Waals surface area contributed by atoms with Gasteiger partial charge in [0.25, 0.3) is 0 Å². The molecule has 112 valence electrons. The molecule has 4 rings (SSSR count). The third kappa shape index (κ3) is 2.10. The first-order chi connectivity index (χ1) is 10.6. The Hall–Kier alpha value is -1.92. The van der Waals surface area contributed by atoms with E-state index in [-0.39, 0.29) is 11.8 Å². The van der Waals surface area contributed by atoms with Gasteiger partial charge in [-0.1, -0.05) is 35.0 Å². The van der Waals surface area contributed by atoms with Crippen molar-refractivity contribution in [3.8, 4) is 10.7 Å². The fraction of sp³-hybridized carbons (Fsp3) is 0.267. The predicted octanol–water partition coefficient (Wildman–Crippen LogP) is 3.55. The second-order valence-electron chi connectivity index (χ2n) is 5.37. The molecule has 0 radical (unpaired) electrons. The number of nitrogens with zero attached hydrogens (tertiary/aromatic N) is 3. The molecule has 3 aromatic rings. The maximum Gasteiger partial charge on any atom is 0.232 e. The Morgan fingerprint density at radius 1 is 1.41 bits per heavy atom. The first kappa shape index (κ1) is 13.7. The standard InChI is InChI=1S/C15H12ClN3O2S/c1-19-7-8(6-11(19)20)15-17-14(18-21-15)13-12(16)9-4-2-3-5-10(9)22-13/h2-5,8H,6-7H2,1H3. The van der Waals surface area contributed by atoms with Crippen LogP contribution in [0.25, 0.3) is 20.8 Å². The van der Waals surface area contributed by atoms with Crippen LogP contribution in [0.3, 0.4) is 0 Å². The van der Waals surface area contributed by atoms with E-state index in [0.29, 0.717) is 29.7 Å². The lowest BCUT2D eigenvalue weighted by atomic mass is 10.1. The molecule has 0 aliphatic carbocycles. The number of hydrogen-bond donors (Lipinski definition) is 0. The largest absolute Gasteiger partial charge is 0.345 e. The van der Waals surface area contributed by atoms with Crippen molar-refractivity contribution >= 4 is 38.9 Å². The molecule has 0 bridgehead atoms. The van der Waals surface area contributed by atoms with Crippen LogP contribution in [0.15, 0.2) is 28.8 Å². The van der Waals surface area contributed by atoms with Crippen molar-refractivity contribution in [3.63, 3.8) is 0 Å². The van der Waals surface area contributed by atoms with Gasteiger partial charge in [-0.3, -0.25) is 4.79 Å². The van der Waals surface area contributed by atoms with Crippen molar-refractivity contribution in [3.05, 3.63) is 35.2 Å². The van der Waals surface area contributed by atoms with Gasteiger partial charge >= 0.3 is 0 Å². The fourth-order valence-electron chi connectivity index (χ4n) is 2.68. The van der Waals surface area contributed by atoms with Crippen LogP contribution in [0.5, 0.6) is 0 Å². The molecule has 7 heteroatoms. The van der Waals surface area contributed by atoms with Crippen LogP contribution in [0.2, 0.25) is 5.02 Å². The zero-order chi connectivity index (χ0) is 15.3. The Kier molecular flexibility index (Phi) is 3.16. The summed E-state index contributed by atoms with van der Waals surface area (Å²) in [6, 6.07) is 7.91. The summed E-state index contributed by atoms with van der Waals surface area (Å²) in [7, 11) is 1.78. The molecule has 1 unspecified atom stereocenters. The van der Waals surface area contributed by atoms with E-state index in [9.17, 15) is 4.79 Å². The summed E-state index contributed by atoms with van der Waals surface area (Å²) in [5.41, 5.74) is 0. The SMILES string of the molecule is CN1CC(c2nc(-c3sc4ccccc4c3Cl)no2)CC1=O. The van der Waals surface area contributed by atoms with Crippen molar-refractivity contribution < 1.29 is 9.32 Å². The molecule has 0 N–H and O–H groups in total. The molecule has 1 aliphatic rings. The van der Waals surface area contributed by atoms with Gasteiger partial charge in [-0.15, -0.1) is 11.3 Å². The molecule has 0 spiro atoms. The Balaban J connectivity index is 1.71. The zero-order valence-electron chi connectivity index (χ0n) is 11.7. The van der Waals surface area contributed by atoms with Gasteiger partial charge in [-0.2, -0.15) is 4.98 Å². The number of benzene rings is 1. The van der Waals surface area contributed by atoms with Crippen LogP contribution in [-0.4, -0.2) is 34.5 Å². The molecular formula is C15H12ClN3O2S. The maximum atomic E-state index is 11.6. The van der Waals surface area contributed by atoms with E-state index < -0.39 is 0 Å². The lowest BCUT2D eigenvalue weighted by Gasteiger charge is -2.05. The number of likely N-dealkylation sites (N-methyl/N-ethyl adjacent to an activating group) is 1. The summed E-state index contributed by atoms with van der Waals surface area (Å²) in [5, 5.41) is 5.69. The highest BCUT2D eigenvalue weighted by Crippen LogP contribution is 2.41. The average molecular weight is 334 g/mol. The zero-order valence-corrected chi connectivity index (χ0v) is 13.3. The first-order valence-corrected chi connectivity index (χ1v) is 8.08. The minimum atomic E-state index is -0.0353. The van der Waals surface area contributed by atoms with Gasteiger partial charge in [0.1, 0.15) is 0 Å². The molecule has 5 nitrogen and oxygen atoms in total. The summed E-state index contributed by atoms with van der Waals surface area (Å²) >= 11 is 7.97. The number of aromatic nitrogens is 2. The summed E-state index contributed by atoms with van der Waals surface area (Å²) in [5.74, 6) is 1.06. The van der Waals surface area contributed by atoms with E-state index in [1.54, 1.807) is 11.9 Å². The minimum absolute atomic E-state index is 0.0353. The van der Waals surface area contributed by atoms with Crippen LogP contribution in [0.4, 0.5) is 0 Å². The lowest BCUT2D eigenvalue weighted by molar-refractivity contribution is -0.126. The summed E-state index contributed by atoms with van der Waals surface area (Å²) in [6.45, 7) is 0.612. The normalized spacial score (nSPS) is 18.5. The highest BCUT2D eigenvalue weighted by molar-refractivity contribution is 7.23. The topological polar surface area (TPSA) is 59.2 Å². The number of hydrogen-bond acceptors (Lipinski definition) is 5. The molecular weight excluding hydrogens is 322 g/mol. The first-order valence-electron chi connectivity index (χ1n) is 6.88. The van der Waals surface area contributed by atoms with Crippen molar-refractivity contribution in [1.82, 2.24) is 15.0 Å². The average Bonchev–Trinajstić information content (AvgIpc) is 3.19. The molecule has 2 aromatic heterocycles. The summed E-state index contributed by atoms with van der Waals surface area (Å²) in [6.07, 6.45) is 0.415. The molecule has 1 aromatic carbocycles. The van der Waals surface area contributed by atoms with Crippen molar-refractivity contribution in [2.75, 3.05) is 13.6 Å². The number of rotatable bonds is 2. The highest BCUT2D eigenvalue weighted by Gasteiger charge is 2.32. The fourth-order valence-corrected chi connectivity index (χ4v) is 4.12. The Morgan fingerprint density at radius 3 is 2.95 bits per heavy atom. The highest BCUT2D eigenvalue weighted by atomic mass is 35.5. The van der Waals surface area contributed by atoms with Crippen LogP contribution in [0.1, 0.15) is 18.2 Å². The second-order valence-corrected chi connectivity index (χ2v) is 6.80. The van der Waals surface area contributed by atoms with E-state index in [4.69, 9.17) is 16.1 Å². The second kappa shape index (κ2) is 5.07. The van der Waals surface area contributed by atoms with Gasteiger partial charge in [-0.05, 0) is 6.07 Å². The Labute approximate surface area is 135 Å². The molecule has 1 aliphatic heterocycles. The van der Waals surface area contributed by atoms with Crippen LogP contribution < -0.4 is 0 Å². The van der Waals surface area contributed by atoms with E-state index in [2.05, 4.69) is 10.1 Å². The van der Waals surface area contributed by atoms with Gasteiger partial charge in [0.05, 0.1) is 15.8 Å². The van der Waals surface area contributed by atoms with E-state index in [1.165, 1.54) is 11.3 Å². The minimum Gasteiger partial charge on any atom is -0.345 e. The van der Waals surface area contributed by atoms with Gasteiger partial charge in [0.15, 0.2) is 0 Å². The van der Waals surface area contributed by atoms with Crippen molar-refractivity contribution in [2.24, 2.45) is 0 Å². The number of amides is 1. The van der Waals surface area contributed by atoms with Crippen molar-refractivity contribution in [1.29, 1.82) is 0 Å². The Morgan fingerprint density at radius 2 is 2.23 bits per heavy atom. The number of carbonyl (C=O) groups is 1. The van der Waals surface area contributed by atoms with E-state index in [1.807, 2.05) is 24.3 Å². The van der Waals surface area contributed by atoms with Crippen LogP contribution in [-0.2, 0) is 4.79 Å². The lowest BCUT2D eigenvalue weighted by Crippen LogP contribution is -2.18. The molecule has 3 heterocycles. The molecule has 1 atom stereocenters. The number of halogens is 1. The van der Waals surface area contributed by atoms with Gasteiger partial charge in [0.2, 0.25) is 17.6 Å². The van der Waals surface area contributed by atoms with Crippen LogP contribution in [0, 0.1) is 0 Å². The molecule has 0 saturated carbocycles.